The zero-order valence-electron chi connectivity index (χ0n) is 13.6. The van der Waals surface area contributed by atoms with Gasteiger partial charge < -0.3 is 20.7 Å². The molecule has 0 atom stereocenters. The van der Waals surface area contributed by atoms with Crippen LogP contribution in [0.15, 0.2) is 30.3 Å². The van der Waals surface area contributed by atoms with Crippen molar-refractivity contribution < 1.29 is 19.1 Å². The standard InChI is InChI=1S/C16H23N3O4/c1-16(2,3)19-14(21)10-17-13(20)9-18-15(22)11-23-12-7-5-4-6-8-12/h4-8H,9-11H2,1-3H3,(H,17,20)(H,18,22)(H,19,21). The highest BCUT2D eigenvalue weighted by Gasteiger charge is 2.14. The lowest BCUT2D eigenvalue weighted by molar-refractivity contribution is -0.128. The molecule has 0 saturated carbocycles. The molecule has 0 bridgehead atoms. The van der Waals surface area contributed by atoms with E-state index in [9.17, 15) is 14.4 Å². The van der Waals surface area contributed by atoms with Gasteiger partial charge >= 0.3 is 0 Å². The minimum atomic E-state index is -0.442. The Kier molecular flexibility index (Phi) is 7.05. The minimum Gasteiger partial charge on any atom is -0.484 e. The lowest BCUT2D eigenvalue weighted by Gasteiger charge is -2.20. The van der Waals surface area contributed by atoms with E-state index in [0.717, 1.165) is 0 Å². The molecule has 0 aromatic heterocycles. The van der Waals surface area contributed by atoms with Gasteiger partial charge in [-0.15, -0.1) is 0 Å². The van der Waals surface area contributed by atoms with Crippen LogP contribution in [0.1, 0.15) is 20.8 Å². The largest absolute Gasteiger partial charge is 0.484 e. The molecule has 3 amide bonds. The summed E-state index contributed by atoms with van der Waals surface area (Å²) in [5.74, 6) is -0.569. The van der Waals surface area contributed by atoms with Crippen molar-refractivity contribution in [2.75, 3.05) is 19.7 Å². The molecule has 0 aliphatic carbocycles. The van der Waals surface area contributed by atoms with Gasteiger partial charge in [-0.3, -0.25) is 14.4 Å². The van der Waals surface area contributed by atoms with Crippen molar-refractivity contribution in [3.05, 3.63) is 30.3 Å². The maximum absolute atomic E-state index is 11.6. The van der Waals surface area contributed by atoms with Crippen molar-refractivity contribution in [1.29, 1.82) is 0 Å². The first-order chi connectivity index (χ1) is 10.8. The molecule has 1 aromatic rings. The third-order valence-electron chi connectivity index (χ3n) is 2.52. The molecule has 126 valence electrons. The van der Waals surface area contributed by atoms with Crippen LogP contribution in [-0.4, -0.2) is 43.0 Å². The quantitative estimate of drug-likeness (QED) is 0.669. The average Bonchev–Trinajstić information content (AvgIpc) is 2.48. The number of hydrogen-bond donors (Lipinski definition) is 3. The summed E-state index contributed by atoms with van der Waals surface area (Å²) in [6.45, 7) is 5.02. The summed E-state index contributed by atoms with van der Waals surface area (Å²) < 4.78 is 5.25. The van der Waals surface area contributed by atoms with Crippen LogP contribution in [0, 0.1) is 0 Å². The number of rotatable bonds is 7. The molecule has 1 rings (SSSR count). The topological polar surface area (TPSA) is 96.5 Å². The van der Waals surface area contributed by atoms with E-state index in [0.29, 0.717) is 5.75 Å². The molecule has 0 radical (unpaired) electrons. The number of carbonyl (C=O) groups is 3. The maximum Gasteiger partial charge on any atom is 0.258 e. The van der Waals surface area contributed by atoms with E-state index in [1.807, 2.05) is 26.8 Å². The third kappa shape index (κ3) is 9.13. The Labute approximate surface area is 135 Å². The molecule has 1 aromatic carbocycles. The fourth-order valence-corrected chi connectivity index (χ4v) is 1.60. The zero-order valence-corrected chi connectivity index (χ0v) is 13.6. The van der Waals surface area contributed by atoms with Gasteiger partial charge in [0.2, 0.25) is 11.8 Å². The second-order valence-corrected chi connectivity index (χ2v) is 5.95. The molecular formula is C16H23N3O4. The Hall–Kier alpha value is -2.57. The van der Waals surface area contributed by atoms with Gasteiger partial charge in [0.15, 0.2) is 6.61 Å². The number of ether oxygens (including phenoxy) is 1. The second-order valence-electron chi connectivity index (χ2n) is 5.95. The second kappa shape index (κ2) is 8.77. The molecule has 7 heteroatoms. The first-order valence-corrected chi connectivity index (χ1v) is 7.28. The lowest BCUT2D eigenvalue weighted by atomic mass is 10.1. The predicted molar refractivity (Wildman–Crippen MR) is 85.9 cm³/mol. The molecule has 0 fully saturated rings. The summed E-state index contributed by atoms with van der Waals surface area (Å²) in [7, 11) is 0. The normalized spacial score (nSPS) is 10.6. The fraction of sp³-hybridized carbons (Fsp3) is 0.438. The molecule has 0 heterocycles. The summed E-state index contributed by atoms with van der Waals surface area (Å²) >= 11 is 0. The molecule has 0 unspecified atom stereocenters. The van der Waals surface area contributed by atoms with Crippen molar-refractivity contribution in [3.8, 4) is 5.75 Å². The average molecular weight is 321 g/mol. The Morgan fingerprint density at radius 3 is 2.09 bits per heavy atom. The summed E-state index contributed by atoms with van der Waals surface area (Å²) in [4.78, 5) is 34.6. The number of benzene rings is 1. The Morgan fingerprint density at radius 2 is 1.48 bits per heavy atom. The van der Waals surface area contributed by atoms with Gasteiger partial charge in [0.1, 0.15) is 5.75 Å². The maximum atomic E-state index is 11.6. The first kappa shape index (κ1) is 18.5. The first-order valence-electron chi connectivity index (χ1n) is 7.28. The monoisotopic (exact) mass is 321 g/mol. The highest BCUT2D eigenvalue weighted by molar-refractivity contribution is 5.88. The summed E-state index contributed by atoms with van der Waals surface area (Å²) in [5, 5.41) is 7.56. The van der Waals surface area contributed by atoms with E-state index in [4.69, 9.17) is 4.74 Å². The van der Waals surface area contributed by atoms with Gasteiger partial charge in [0.05, 0.1) is 13.1 Å². The van der Waals surface area contributed by atoms with Gasteiger partial charge in [-0.2, -0.15) is 0 Å². The van der Waals surface area contributed by atoms with Gasteiger partial charge in [-0.1, -0.05) is 18.2 Å². The number of carbonyl (C=O) groups excluding carboxylic acids is 3. The number of nitrogens with one attached hydrogen (secondary N) is 3. The van der Waals surface area contributed by atoms with Crippen molar-refractivity contribution in [2.24, 2.45) is 0 Å². The van der Waals surface area contributed by atoms with E-state index in [2.05, 4.69) is 16.0 Å². The van der Waals surface area contributed by atoms with Crippen LogP contribution in [0.3, 0.4) is 0 Å². The van der Waals surface area contributed by atoms with Crippen LogP contribution in [0.5, 0.6) is 5.75 Å². The van der Waals surface area contributed by atoms with Crippen LogP contribution in [0.25, 0.3) is 0 Å². The summed E-state index contributed by atoms with van der Waals surface area (Å²) in [6, 6.07) is 8.89. The van der Waals surface area contributed by atoms with Crippen molar-refractivity contribution >= 4 is 17.7 Å². The van der Waals surface area contributed by atoms with E-state index in [-0.39, 0.29) is 31.1 Å². The van der Waals surface area contributed by atoms with E-state index < -0.39 is 11.8 Å². The zero-order chi connectivity index (χ0) is 17.3. The predicted octanol–water partition coefficient (Wildman–Crippen LogP) is 0.213. The van der Waals surface area contributed by atoms with Crippen molar-refractivity contribution in [3.63, 3.8) is 0 Å². The van der Waals surface area contributed by atoms with Crippen molar-refractivity contribution in [2.45, 2.75) is 26.3 Å². The number of hydrogen-bond acceptors (Lipinski definition) is 4. The molecular weight excluding hydrogens is 298 g/mol. The smallest absolute Gasteiger partial charge is 0.258 e. The molecule has 7 nitrogen and oxygen atoms in total. The Bertz CT molecular complexity index is 538. The van der Waals surface area contributed by atoms with Gasteiger partial charge in [-0.05, 0) is 32.9 Å². The number of para-hydroxylation sites is 1. The SMILES string of the molecule is CC(C)(C)NC(=O)CNC(=O)CNC(=O)COc1ccccc1. The molecule has 0 saturated heterocycles. The van der Waals surface area contributed by atoms with Crippen LogP contribution in [0.4, 0.5) is 0 Å². The van der Waals surface area contributed by atoms with Crippen LogP contribution in [0.2, 0.25) is 0 Å². The highest BCUT2D eigenvalue weighted by Crippen LogP contribution is 2.07. The van der Waals surface area contributed by atoms with E-state index >= 15 is 0 Å². The third-order valence-corrected chi connectivity index (χ3v) is 2.52. The molecule has 0 spiro atoms. The summed E-state index contributed by atoms with van der Waals surface area (Å²) in [5.41, 5.74) is -0.356. The minimum absolute atomic E-state index is 0.132. The lowest BCUT2D eigenvalue weighted by Crippen LogP contribution is -2.47. The molecule has 0 aliphatic rings. The molecule has 3 N–H and O–H groups in total. The molecule has 0 aliphatic heterocycles. The summed E-state index contributed by atoms with van der Waals surface area (Å²) in [6.07, 6.45) is 0. The highest BCUT2D eigenvalue weighted by atomic mass is 16.5. The van der Waals surface area contributed by atoms with Crippen LogP contribution >= 0.6 is 0 Å². The van der Waals surface area contributed by atoms with Crippen LogP contribution < -0.4 is 20.7 Å². The fourth-order valence-electron chi connectivity index (χ4n) is 1.60. The van der Waals surface area contributed by atoms with E-state index in [1.165, 1.54) is 0 Å². The van der Waals surface area contributed by atoms with Gasteiger partial charge in [0.25, 0.3) is 5.91 Å². The molecule has 23 heavy (non-hydrogen) atoms. The van der Waals surface area contributed by atoms with Crippen molar-refractivity contribution in [1.82, 2.24) is 16.0 Å². The van der Waals surface area contributed by atoms with Gasteiger partial charge in [-0.25, -0.2) is 0 Å². The Balaban J connectivity index is 2.17. The van der Waals surface area contributed by atoms with E-state index in [1.54, 1.807) is 24.3 Å². The van der Waals surface area contributed by atoms with Gasteiger partial charge in [0, 0.05) is 5.54 Å². The van der Waals surface area contributed by atoms with Crippen LogP contribution in [-0.2, 0) is 14.4 Å². The number of amides is 3. The Morgan fingerprint density at radius 1 is 0.913 bits per heavy atom.